The Morgan fingerprint density at radius 1 is 1.15 bits per heavy atom. The van der Waals surface area contributed by atoms with E-state index in [1.807, 2.05) is 45.0 Å². The zero-order valence-electron chi connectivity index (χ0n) is 16.5. The number of carbonyl (C=O) groups excluding carboxylic acids is 1. The van der Waals surface area contributed by atoms with Gasteiger partial charge in [-0.25, -0.2) is 0 Å². The van der Waals surface area contributed by atoms with Crippen molar-refractivity contribution in [2.45, 2.75) is 20.8 Å². The summed E-state index contributed by atoms with van der Waals surface area (Å²) in [6, 6.07) is 14.3. The maximum absolute atomic E-state index is 12.5. The number of rotatable bonds is 6. The highest BCUT2D eigenvalue weighted by atomic mass is 16.5. The van der Waals surface area contributed by atoms with Crippen molar-refractivity contribution in [2.75, 3.05) is 49.5 Å². The lowest BCUT2D eigenvalue weighted by Gasteiger charge is -2.34. The number of aryl methyl sites for hydroxylation is 2. The monoisotopic (exact) mass is 368 g/mol. The average Bonchev–Trinajstić information content (AvgIpc) is 2.66. The molecule has 1 aliphatic rings. The number of anilines is 2. The molecule has 2 aromatic rings. The van der Waals surface area contributed by atoms with Gasteiger partial charge in [-0.1, -0.05) is 24.3 Å². The van der Waals surface area contributed by atoms with Gasteiger partial charge in [0.1, 0.15) is 5.75 Å². The molecular formula is C22H30N3O2+. The van der Waals surface area contributed by atoms with Crippen LogP contribution in [0.4, 0.5) is 11.4 Å². The van der Waals surface area contributed by atoms with Crippen molar-refractivity contribution in [3.8, 4) is 5.75 Å². The van der Waals surface area contributed by atoms with Gasteiger partial charge in [-0.15, -0.1) is 0 Å². The van der Waals surface area contributed by atoms with Crippen LogP contribution in [0.25, 0.3) is 0 Å². The second-order valence-electron chi connectivity index (χ2n) is 7.18. The van der Waals surface area contributed by atoms with E-state index in [9.17, 15) is 4.79 Å². The van der Waals surface area contributed by atoms with Crippen LogP contribution >= 0.6 is 0 Å². The van der Waals surface area contributed by atoms with Gasteiger partial charge in [0.15, 0.2) is 6.54 Å². The van der Waals surface area contributed by atoms with Gasteiger partial charge in [-0.2, -0.15) is 0 Å². The molecule has 0 aliphatic carbocycles. The van der Waals surface area contributed by atoms with Crippen molar-refractivity contribution in [2.24, 2.45) is 0 Å². The Kier molecular flexibility index (Phi) is 6.35. The Morgan fingerprint density at radius 3 is 2.63 bits per heavy atom. The quantitative estimate of drug-likeness (QED) is 0.820. The van der Waals surface area contributed by atoms with E-state index in [2.05, 4.69) is 28.4 Å². The molecule has 0 spiro atoms. The molecule has 5 heteroatoms. The van der Waals surface area contributed by atoms with Crippen molar-refractivity contribution >= 4 is 17.3 Å². The van der Waals surface area contributed by atoms with Gasteiger partial charge in [-0.3, -0.25) is 4.79 Å². The Morgan fingerprint density at radius 2 is 1.89 bits per heavy atom. The van der Waals surface area contributed by atoms with Gasteiger partial charge in [0, 0.05) is 5.69 Å². The van der Waals surface area contributed by atoms with Gasteiger partial charge >= 0.3 is 0 Å². The smallest absolute Gasteiger partial charge is 0.279 e. The van der Waals surface area contributed by atoms with Gasteiger partial charge in [0.25, 0.3) is 5.91 Å². The van der Waals surface area contributed by atoms with Crippen molar-refractivity contribution in [1.82, 2.24) is 0 Å². The van der Waals surface area contributed by atoms with E-state index < -0.39 is 0 Å². The second kappa shape index (κ2) is 8.91. The van der Waals surface area contributed by atoms with Crippen LogP contribution in [-0.4, -0.2) is 45.2 Å². The number of quaternary nitrogens is 1. The molecule has 0 radical (unpaired) electrons. The number of hydrogen-bond donors (Lipinski definition) is 2. The van der Waals surface area contributed by atoms with Gasteiger partial charge in [-0.05, 0) is 50.1 Å². The van der Waals surface area contributed by atoms with Crippen molar-refractivity contribution < 1.29 is 14.4 Å². The first-order valence-corrected chi connectivity index (χ1v) is 9.74. The molecular weight excluding hydrogens is 338 g/mol. The van der Waals surface area contributed by atoms with Crippen LogP contribution in [0, 0.1) is 13.8 Å². The maximum Gasteiger partial charge on any atom is 0.279 e. The van der Waals surface area contributed by atoms with Crippen molar-refractivity contribution in [3.63, 3.8) is 0 Å². The molecule has 1 fully saturated rings. The van der Waals surface area contributed by atoms with Crippen molar-refractivity contribution in [3.05, 3.63) is 53.6 Å². The summed E-state index contributed by atoms with van der Waals surface area (Å²) in [7, 11) is 0. The zero-order valence-corrected chi connectivity index (χ0v) is 16.5. The van der Waals surface area contributed by atoms with E-state index in [1.54, 1.807) is 0 Å². The van der Waals surface area contributed by atoms with Crippen LogP contribution in [-0.2, 0) is 4.79 Å². The minimum Gasteiger partial charge on any atom is -0.492 e. The molecule has 3 rings (SSSR count). The highest BCUT2D eigenvalue weighted by Gasteiger charge is 2.24. The first-order valence-electron chi connectivity index (χ1n) is 9.74. The van der Waals surface area contributed by atoms with Crippen LogP contribution in [0.3, 0.4) is 0 Å². The molecule has 1 saturated heterocycles. The van der Waals surface area contributed by atoms with Crippen molar-refractivity contribution in [1.29, 1.82) is 0 Å². The minimum absolute atomic E-state index is 0.0851. The number of amides is 1. The minimum atomic E-state index is 0.0851. The summed E-state index contributed by atoms with van der Waals surface area (Å²) in [5.74, 6) is 1.03. The lowest BCUT2D eigenvalue weighted by atomic mass is 10.1. The summed E-state index contributed by atoms with van der Waals surface area (Å²) in [6.45, 7) is 11.0. The molecule has 5 nitrogen and oxygen atoms in total. The van der Waals surface area contributed by atoms with E-state index in [0.717, 1.165) is 54.4 Å². The molecule has 1 amide bonds. The van der Waals surface area contributed by atoms with Gasteiger partial charge < -0.3 is 19.9 Å². The second-order valence-corrected chi connectivity index (χ2v) is 7.18. The molecule has 27 heavy (non-hydrogen) atoms. The Balaban J connectivity index is 1.54. The third-order valence-electron chi connectivity index (χ3n) is 5.05. The predicted molar refractivity (Wildman–Crippen MR) is 110 cm³/mol. The van der Waals surface area contributed by atoms with E-state index in [1.165, 1.54) is 4.90 Å². The summed E-state index contributed by atoms with van der Waals surface area (Å²) in [5, 5.41) is 3.07. The topological polar surface area (TPSA) is 46.0 Å². The van der Waals surface area contributed by atoms with Crippen LogP contribution in [0.1, 0.15) is 18.1 Å². The van der Waals surface area contributed by atoms with Gasteiger partial charge in [0.2, 0.25) is 0 Å². The number of carbonyl (C=O) groups is 1. The molecule has 1 heterocycles. The number of benzene rings is 2. The number of para-hydroxylation sites is 2. The van der Waals surface area contributed by atoms with Crippen LogP contribution in [0.2, 0.25) is 0 Å². The van der Waals surface area contributed by atoms with Crippen LogP contribution < -0.4 is 19.9 Å². The fourth-order valence-electron chi connectivity index (χ4n) is 3.53. The predicted octanol–water partition coefficient (Wildman–Crippen LogP) is 2.05. The largest absolute Gasteiger partial charge is 0.492 e. The Labute approximate surface area is 161 Å². The Bertz CT molecular complexity index is 783. The highest BCUT2D eigenvalue weighted by molar-refractivity contribution is 5.92. The van der Waals surface area contributed by atoms with E-state index in [4.69, 9.17) is 4.74 Å². The van der Waals surface area contributed by atoms with Crippen LogP contribution in [0.5, 0.6) is 5.75 Å². The summed E-state index contributed by atoms with van der Waals surface area (Å²) in [4.78, 5) is 16.1. The summed E-state index contributed by atoms with van der Waals surface area (Å²) in [5.41, 5.74) is 4.33. The standard InChI is InChI=1S/C22H29N3O2/c1-4-27-21-8-6-5-7-20(21)25-13-11-24(12-14-25)16-22(26)23-19-15-17(2)9-10-18(19)3/h5-10,15H,4,11-14,16H2,1-3H3,(H,23,26)/p+1. The first-order chi connectivity index (χ1) is 13.1. The Hall–Kier alpha value is -2.53. The number of hydrogen-bond acceptors (Lipinski definition) is 3. The van der Waals surface area contributed by atoms with E-state index in [-0.39, 0.29) is 5.91 Å². The molecule has 0 unspecified atom stereocenters. The van der Waals surface area contributed by atoms with E-state index in [0.29, 0.717) is 13.2 Å². The SMILES string of the molecule is CCOc1ccccc1N1CC[NH+](CC(=O)Nc2cc(C)ccc2C)CC1. The molecule has 2 aromatic carbocycles. The number of nitrogens with one attached hydrogen (secondary N) is 2. The normalized spacial score (nSPS) is 14.9. The fraction of sp³-hybridized carbons (Fsp3) is 0.409. The number of nitrogens with zero attached hydrogens (tertiary/aromatic N) is 1. The molecule has 0 bridgehead atoms. The number of piperazine rings is 1. The zero-order chi connectivity index (χ0) is 19.2. The molecule has 0 atom stereocenters. The maximum atomic E-state index is 12.5. The number of ether oxygens (including phenoxy) is 1. The molecule has 2 N–H and O–H groups in total. The highest BCUT2D eigenvalue weighted by Crippen LogP contribution is 2.27. The molecule has 1 aliphatic heterocycles. The van der Waals surface area contributed by atoms with Crippen LogP contribution in [0.15, 0.2) is 42.5 Å². The lowest BCUT2D eigenvalue weighted by Crippen LogP contribution is -3.15. The average molecular weight is 369 g/mol. The lowest BCUT2D eigenvalue weighted by molar-refractivity contribution is -0.892. The molecule has 0 saturated carbocycles. The van der Waals surface area contributed by atoms with E-state index >= 15 is 0 Å². The first kappa shape index (κ1) is 19.2. The third-order valence-corrected chi connectivity index (χ3v) is 5.05. The third kappa shape index (κ3) is 5.01. The fourth-order valence-corrected chi connectivity index (χ4v) is 3.53. The summed E-state index contributed by atoms with van der Waals surface area (Å²) >= 11 is 0. The molecule has 0 aromatic heterocycles. The molecule has 144 valence electrons. The van der Waals surface area contributed by atoms with Gasteiger partial charge in [0.05, 0.1) is 38.5 Å². The summed E-state index contributed by atoms with van der Waals surface area (Å²) in [6.07, 6.45) is 0. The summed E-state index contributed by atoms with van der Waals surface area (Å²) < 4.78 is 5.76.